The highest BCUT2D eigenvalue weighted by Crippen LogP contribution is 2.29. The van der Waals surface area contributed by atoms with Crippen LogP contribution in [0.5, 0.6) is 11.5 Å². The molecule has 0 aliphatic carbocycles. The number of hydrogen-bond donors (Lipinski definition) is 1. The van der Waals surface area contributed by atoms with E-state index in [0.717, 1.165) is 11.1 Å². The third-order valence-corrected chi connectivity index (χ3v) is 2.43. The molecular weight excluding hydrogens is 232 g/mol. The quantitative estimate of drug-likeness (QED) is 0.827. The zero-order valence-corrected chi connectivity index (χ0v) is 8.97. The molecule has 2 nitrogen and oxygen atoms in total. The van der Waals surface area contributed by atoms with E-state index in [2.05, 4.69) is 22.5 Å². The molecule has 0 spiro atoms. The average Bonchev–Trinajstić information content (AvgIpc) is 2.16. The predicted molar refractivity (Wildman–Crippen MR) is 57.5 cm³/mol. The number of allylic oxidation sites excluding steroid dienone is 1. The van der Waals surface area contributed by atoms with Gasteiger partial charge in [0.2, 0.25) is 0 Å². The van der Waals surface area contributed by atoms with Crippen LogP contribution in [-0.4, -0.2) is 17.5 Å². The Balaban J connectivity index is 3.02. The van der Waals surface area contributed by atoms with Crippen LogP contribution in [0.3, 0.4) is 0 Å². The molecule has 0 atom stereocenters. The molecule has 0 bridgehead atoms. The van der Waals surface area contributed by atoms with Crippen molar-refractivity contribution in [3.63, 3.8) is 0 Å². The third kappa shape index (κ3) is 2.25. The van der Waals surface area contributed by atoms with E-state index in [9.17, 15) is 5.11 Å². The fourth-order valence-electron chi connectivity index (χ4n) is 0.987. The van der Waals surface area contributed by atoms with Gasteiger partial charge >= 0.3 is 0 Å². The largest absolute Gasteiger partial charge is 0.504 e. The van der Waals surface area contributed by atoms with Crippen LogP contribution < -0.4 is 4.74 Å². The van der Waals surface area contributed by atoms with Gasteiger partial charge in [0.1, 0.15) is 0 Å². The summed E-state index contributed by atoms with van der Waals surface area (Å²) in [5.74, 6) is 0.619. The Morgan fingerprint density at radius 2 is 2.31 bits per heavy atom. The van der Waals surface area contributed by atoms with Crippen molar-refractivity contribution in [2.45, 2.75) is 0 Å². The highest BCUT2D eigenvalue weighted by atomic mass is 79.9. The maximum Gasteiger partial charge on any atom is 0.160 e. The van der Waals surface area contributed by atoms with Gasteiger partial charge in [-0.1, -0.05) is 28.6 Å². The Morgan fingerprint density at radius 3 is 2.77 bits per heavy atom. The van der Waals surface area contributed by atoms with Gasteiger partial charge in [0.25, 0.3) is 0 Å². The van der Waals surface area contributed by atoms with Crippen molar-refractivity contribution in [3.05, 3.63) is 30.3 Å². The summed E-state index contributed by atoms with van der Waals surface area (Å²) in [6.07, 6.45) is 0. The first kappa shape index (κ1) is 10.1. The molecule has 1 N–H and O–H groups in total. The molecule has 0 radical (unpaired) electrons. The number of methoxy groups -OCH3 is 1. The normalized spacial score (nSPS) is 9.69. The van der Waals surface area contributed by atoms with Crippen LogP contribution in [0.1, 0.15) is 5.56 Å². The number of phenolic OH excluding ortho intramolecular Hbond substituents is 1. The lowest BCUT2D eigenvalue weighted by atomic mass is 10.1. The molecule has 0 unspecified atom stereocenters. The summed E-state index contributed by atoms with van der Waals surface area (Å²) >= 11 is 3.30. The first-order valence-corrected chi connectivity index (χ1v) is 4.92. The SMILES string of the molecule is C=C(CBr)c1ccc(OC)c(O)c1. The number of halogens is 1. The zero-order valence-electron chi connectivity index (χ0n) is 7.38. The molecule has 1 rings (SSSR count). The van der Waals surface area contributed by atoms with Gasteiger partial charge in [-0.3, -0.25) is 0 Å². The number of phenols is 1. The highest BCUT2D eigenvalue weighted by Gasteiger charge is 2.03. The average molecular weight is 243 g/mol. The Kier molecular flexibility index (Phi) is 3.37. The molecule has 0 saturated carbocycles. The van der Waals surface area contributed by atoms with Gasteiger partial charge in [0.15, 0.2) is 11.5 Å². The molecule has 1 aromatic carbocycles. The molecule has 13 heavy (non-hydrogen) atoms. The highest BCUT2D eigenvalue weighted by molar-refractivity contribution is 9.09. The molecule has 3 heteroatoms. The lowest BCUT2D eigenvalue weighted by molar-refractivity contribution is 0.373. The number of hydrogen-bond acceptors (Lipinski definition) is 2. The predicted octanol–water partition coefficient (Wildman–Crippen LogP) is 2.81. The van der Waals surface area contributed by atoms with E-state index in [0.29, 0.717) is 11.1 Å². The van der Waals surface area contributed by atoms with Crippen molar-refractivity contribution in [3.8, 4) is 11.5 Å². The minimum absolute atomic E-state index is 0.141. The summed E-state index contributed by atoms with van der Waals surface area (Å²) in [6.45, 7) is 3.84. The van der Waals surface area contributed by atoms with Gasteiger partial charge in [-0.15, -0.1) is 0 Å². The van der Waals surface area contributed by atoms with E-state index in [1.54, 1.807) is 12.1 Å². The minimum Gasteiger partial charge on any atom is -0.504 e. The maximum atomic E-state index is 9.45. The van der Waals surface area contributed by atoms with Gasteiger partial charge < -0.3 is 9.84 Å². The third-order valence-electron chi connectivity index (χ3n) is 1.75. The second-order valence-corrected chi connectivity index (χ2v) is 3.18. The lowest BCUT2D eigenvalue weighted by Gasteiger charge is -2.06. The summed E-state index contributed by atoms with van der Waals surface area (Å²) in [7, 11) is 1.52. The Morgan fingerprint density at radius 1 is 1.62 bits per heavy atom. The van der Waals surface area contributed by atoms with Crippen molar-refractivity contribution in [2.24, 2.45) is 0 Å². The molecule has 0 aliphatic rings. The van der Waals surface area contributed by atoms with Crippen LogP contribution in [0.15, 0.2) is 24.8 Å². The van der Waals surface area contributed by atoms with Gasteiger partial charge in [-0.05, 0) is 23.3 Å². The van der Waals surface area contributed by atoms with Crippen LogP contribution in [0.4, 0.5) is 0 Å². The molecule has 0 amide bonds. The fourth-order valence-corrected chi connectivity index (χ4v) is 1.31. The van der Waals surface area contributed by atoms with E-state index < -0.39 is 0 Å². The van der Waals surface area contributed by atoms with Crippen LogP contribution in [0.2, 0.25) is 0 Å². The van der Waals surface area contributed by atoms with Crippen molar-refractivity contribution >= 4 is 21.5 Å². The molecular formula is C10H11BrO2. The molecule has 70 valence electrons. The van der Waals surface area contributed by atoms with E-state index in [1.165, 1.54) is 7.11 Å². The van der Waals surface area contributed by atoms with E-state index >= 15 is 0 Å². The second kappa shape index (κ2) is 4.33. The monoisotopic (exact) mass is 242 g/mol. The number of benzene rings is 1. The summed E-state index contributed by atoms with van der Waals surface area (Å²) in [6, 6.07) is 5.23. The van der Waals surface area contributed by atoms with Gasteiger partial charge in [0, 0.05) is 5.33 Å². The van der Waals surface area contributed by atoms with Gasteiger partial charge in [-0.2, -0.15) is 0 Å². The maximum absolute atomic E-state index is 9.45. The van der Waals surface area contributed by atoms with Crippen molar-refractivity contribution in [1.29, 1.82) is 0 Å². The van der Waals surface area contributed by atoms with E-state index in [-0.39, 0.29) is 5.75 Å². The minimum atomic E-state index is 0.141. The number of ether oxygens (including phenoxy) is 1. The summed E-state index contributed by atoms with van der Waals surface area (Å²) in [5, 5.41) is 10.1. The standard InChI is InChI=1S/C10H11BrO2/c1-7(6-11)8-3-4-10(13-2)9(12)5-8/h3-5,12H,1,6H2,2H3. The topological polar surface area (TPSA) is 29.5 Å². The van der Waals surface area contributed by atoms with Crippen molar-refractivity contribution < 1.29 is 9.84 Å². The Bertz CT molecular complexity index is 321. The first-order chi connectivity index (χ1) is 6.19. The lowest BCUT2D eigenvalue weighted by Crippen LogP contribution is -1.87. The smallest absolute Gasteiger partial charge is 0.160 e. The Labute approximate surface area is 86.0 Å². The zero-order chi connectivity index (χ0) is 9.84. The molecule has 1 aromatic rings. The van der Waals surface area contributed by atoms with E-state index in [4.69, 9.17) is 4.74 Å². The number of aromatic hydroxyl groups is 1. The van der Waals surface area contributed by atoms with Crippen LogP contribution in [0, 0.1) is 0 Å². The molecule has 0 aliphatic heterocycles. The summed E-state index contributed by atoms with van der Waals surface area (Å²) in [5.41, 5.74) is 1.84. The van der Waals surface area contributed by atoms with Gasteiger partial charge in [0.05, 0.1) is 7.11 Å². The van der Waals surface area contributed by atoms with Crippen LogP contribution in [0.25, 0.3) is 5.57 Å². The van der Waals surface area contributed by atoms with E-state index in [1.807, 2.05) is 6.07 Å². The van der Waals surface area contributed by atoms with Crippen LogP contribution >= 0.6 is 15.9 Å². The number of alkyl halides is 1. The molecule has 0 heterocycles. The van der Waals surface area contributed by atoms with Crippen molar-refractivity contribution in [2.75, 3.05) is 12.4 Å². The molecule has 0 fully saturated rings. The molecule has 0 saturated heterocycles. The fraction of sp³-hybridized carbons (Fsp3) is 0.200. The van der Waals surface area contributed by atoms with Crippen LogP contribution in [-0.2, 0) is 0 Å². The van der Waals surface area contributed by atoms with Crippen molar-refractivity contribution in [1.82, 2.24) is 0 Å². The molecule has 0 aromatic heterocycles. The summed E-state index contributed by atoms with van der Waals surface area (Å²) < 4.78 is 4.92. The van der Waals surface area contributed by atoms with Gasteiger partial charge in [-0.25, -0.2) is 0 Å². The first-order valence-electron chi connectivity index (χ1n) is 3.80. The second-order valence-electron chi connectivity index (χ2n) is 2.62. The Hall–Kier alpha value is -0.960. The number of rotatable bonds is 3. The summed E-state index contributed by atoms with van der Waals surface area (Å²) in [4.78, 5) is 0.